The average Bonchev–Trinajstić information content (AvgIpc) is 3.28. The second-order valence-electron chi connectivity index (χ2n) is 5.06. The van der Waals surface area contributed by atoms with E-state index in [0.717, 1.165) is 18.7 Å². The summed E-state index contributed by atoms with van der Waals surface area (Å²) in [7, 11) is 3.13. The Morgan fingerprint density at radius 3 is 2.57 bits per heavy atom. The van der Waals surface area contributed by atoms with Crippen molar-refractivity contribution in [1.29, 1.82) is 0 Å². The zero-order chi connectivity index (χ0) is 15.2. The lowest BCUT2D eigenvalue weighted by Gasteiger charge is -2.22. The third-order valence-electron chi connectivity index (χ3n) is 3.48. The van der Waals surface area contributed by atoms with Crippen LogP contribution in [0.5, 0.6) is 11.5 Å². The quantitative estimate of drug-likeness (QED) is 0.702. The van der Waals surface area contributed by atoms with E-state index in [1.165, 1.54) is 26.0 Å². The molecular formula is C15H21F2NO3. The molecule has 0 radical (unpaired) electrons. The van der Waals surface area contributed by atoms with Crippen LogP contribution in [0.15, 0.2) is 18.2 Å². The smallest absolute Gasteiger partial charge is 0.387 e. The van der Waals surface area contributed by atoms with Crippen molar-refractivity contribution in [2.45, 2.75) is 32.0 Å². The lowest BCUT2D eigenvalue weighted by Crippen LogP contribution is -2.29. The topological polar surface area (TPSA) is 30.9 Å². The Balaban J connectivity index is 2.04. The van der Waals surface area contributed by atoms with Gasteiger partial charge in [0.05, 0.1) is 13.7 Å². The summed E-state index contributed by atoms with van der Waals surface area (Å²) in [5.41, 5.74) is 1.01. The van der Waals surface area contributed by atoms with Gasteiger partial charge in [0.15, 0.2) is 11.5 Å². The minimum absolute atomic E-state index is 0.0612. The molecule has 21 heavy (non-hydrogen) atoms. The van der Waals surface area contributed by atoms with Gasteiger partial charge >= 0.3 is 6.61 Å². The molecule has 118 valence electrons. The molecule has 0 heterocycles. The van der Waals surface area contributed by atoms with E-state index >= 15 is 0 Å². The van der Waals surface area contributed by atoms with Gasteiger partial charge in [-0.05, 0) is 30.5 Å². The highest BCUT2D eigenvalue weighted by molar-refractivity contribution is 5.43. The molecule has 1 aromatic rings. The third kappa shape index (κ3) is 4.82. The largest absolute Gasteiger partial charge is 0.493 e. The van der Waals surface area contributed by atoms with E-state index in [2.05, 4.69) is 9.64 Å². The van der Waals surface area contributed by atoms with Crippen LogP contribution in [0, 0.1) is 0 Å². The van der Waals surface area contributed by atoms with Gasteiger partial charge in [0.1, 0.15) is 0 Å². The van der Waals surface area contributed by atoms with E-state index in [1.54, 1.807) is 19.2 Å². The van der Waals surface area contributed by atoms with Gasteiger partial charge in [0.25, 0.3) is 0 Å². The predicted octanol–water partition coefficient (Wildman–Crippen LogP) is 2.91. The highest BCUT2D eigenvalue weighted by atomic mass is 19.3. The average molecular weight is 301 g/mol. The Kier molecular flexibility index (Phi) is 5.76. The zero-order valence-corrected chi connectivity index (χ0v) is 12.4. The van der Waals surface area contributed by atoms with E-state index in [9.17, 15) is 8.78 Å². The number of methoxy groups -OCH3 is 2. The van der Waals surface area contributed by atoms with Crippen molar-refractivity contribution in [2.75, 3.05) is 27.4 Å². The molecular weight excluding hydrogens is 280 g/mol. The number of hydrogen-bond donors (Lipinski definition) is 0. The number of hydrogen-bond acceptors (Lipinski definition) is 4. The second-order valence-corrected chi connectivity index (χ2v) is 5.06. The normalized spacial score (nSPS) is 14.8. The molecule has 0 amide bonds. The Hall–Kier alpha value is -1.40. The molecule has 0 bridgehead atoms. The van der Waals surface area contributed by atoms with Gasteiger partial charge in [0.2, 0.25) is 0 Å². The molecule has 1 aromatic carbocycles. The number of rotatable bonds is 9. The van der Waals surface area contributed by atoms with Gasteiger partial charge in [-0.1, -0.05) is 6.07 Å². The van der Waals surface area contributed by atoms with Crippen LogP contribution in [0.3, 0.4) is 0 Å². The molecule has 0 unspecified atom stereocenters. The van der Waals surface area contributed by atoms with E-state index < -0.39 is 6.61 Å². The Bertz CT molecular complexity index is 453. The number of benzene rings is 1. The first-order chi connectivity index (χ1) is 10.1. The zero-order valence-electron chi connectivity index (χ0n) is 12.4. The fraction of sp³-hybridized carbons (Fsp3) is 0.600. The summed E-state index contributed by atoms with van der Waals surface area (Å²) in [4.78, 5) is 2.34. The van der Waals surface area contributed by atoms with Gasteiger partial charge in [0, 0.05) is 26.2 Å². The van der Waals surface area contributed by atoms with Crippen LogP contribution in [0.4, 0.5) is 8.78 Å². The first kappa shape index (κ1) is 16.0. The Labute approximate surface area is 123 Å². The third-order valence-corrected chi connectivity index (χ3v) is 3.48. The highest BCUT2D eigenvalue weighted by Gasteiger charge is 2.28. The van der Waals surface area contributed by atoms with Crippen molar-refractivity contribution in [2.24, 2.45) is 0 Å². The van der Waals surface area contributed by atoms with Crippen LogP contribution in [0.2, 0.25) is 0 Å². The van der Waals surface area contributed by atoms with Crippen molar-refractivity contribution in [3.05, 3.63) is 23.8 Å². The van der Waals surface area contributed by atoms with Crippen molar-refractivity contribution in [1.82, 2.24) is 4.90 Å². The van der Waals surface area contributed by atoms with Crippen LogP contribution in [-0.2, 0) is 11.3 Å². The van der Waals surface area contributed by atoms with Crippen molar-refractivity contribution in [3.63, 3.8) is 0 Å². The summed E-state index contributed by atoms with van der Waals surface area (Å²) in [6, 6.07) is 5.67. The molecule has 1 fully saturated rings. The number of alkyl halides is 2. The summed E-state index contributed by atoms with van der Waals surface area (Å²) in [6.45, 7) is -0.562. The fourth-order valence-corrected chi connectivity index (χ4v) is 2.28. The predicted molar refractivity (Wildman–Crippen MR) is 74.9 cm³/mol. The van der Waals surface area contributed by atoms with Gasteiger partial charge in [-0.15, -0.1) is 0 Å². The molecule has 0 spiro atoms. The van der Waals surface area contributed by atoms with Crippen LogP contribution in [0.25, 0.3) is 0 Å². The molecule has 0 saturated heterocycles. The molecule has 1 saturated carbocycles. The SMILES string of the molecule is COCCN(Cc1ccc(OC(F)F)c(OC)c1)C1CC1. The first-order valence-corrected chi connectivity index (χ1v) is 6.98. The van der Waals surface area contributed by atoms with Gasteiger partial charge in [-0.2, -0.15) is 8.78 Å². The van der Waals surface area contributed by atoms with Gasteiger partial charge < -0.3 is 14.2 Å². The summed E-state index contributed by atoms with van der Waals surface area (Å²) in [5, 5.41) is 0. The van der Waals surface area contributed by atoms with Gasteiger partial charge in [-0.3, -0.25) is 4.90 Å². The summed E-state index contributed by atoms with van der Waals surface area (Å²) < 4.78 is 39.3. The molecule has 6 heteroatoms. The molecule has 2 rings (SSSR count). The van der Waals surface area contributed by atoms with Crippen LogP contribution in [0.1, 0.15) is 18.4 Å². The molecule has 1 aliphatic carbocycles. The molecule has 0 aromatic heterocycles. The first-order valence-electron chi connectivity index (χ1n) is 6.98. The minimum atomic E-state index is -2.85. The van der Waals surface area contributed by atoms with Gasteiger partial charge in [-0.25, -0.2) is 0 Å². The number of ether oxygens (including phenoxy) is 3. The Morgan fingerprint density at radius 1 is 1.24 bits per heavy atom. The fourth-order valence-electron chi connectivity index (χ4n) is 2.28. The maximum absolute atomic E-state index is 12.3. The van der Waals surface area contributed by atoms with Crippen molar-refractivity contribution in [3.8, 4) is 11.5 Å². The van der Waals surface area contributed by atoms with Crippen molar-refractivity contribution < 1.29 is 23.0 Å². The van der Waals surface area contributed by atoms with E-state index in [0.29, 0.717) is 18.4 Å². The lowest BCUT2D eigenvalue weighted by molar-refractivity contribution is -0.0512. The lowest BCUT2D eigenvalue weighted by atomic mass is 10.2. The Morgan fingerprint density at radius 2 is 2.00 bits per heavy atom. The standard InChI is InChI=1S/C15H21F2NO3/c1-19-8-7-18(12-4-5-12)10-11-3-6-13(21-15(16)17)14(9-11)20-2/h3,6,9,12,15H,4-5,7-8,10H2,1-2H3. The molecule has 0 atom stereocenters. The monoisotopic (exact) mass is 301 g/mol. The molecule has 0 aliphatic heterocycles. The number of halogens is 2. The van der Waals surface area contributed by atoms with E-state index in [4.69, 9.17) is 9.47 Å². The van der Waals surface area contributed by atoms with Crippen LogP contribution >= 0.6 is 0 Å². The molecule has 4 nitrogen and oxygen atoms in total. The summed E-state index contributed by atoms with van der Waals surface area (Å²) in [6.07, 6.45) is 2.40. The molecule has 0 N–H and O–H groups in total. The van der Waals surface area contributed by atoms with Crippen LogP contribution in [-0.4, -0.2) is 44.9 Å². The maximum atomic E-state index is 12.3. The molecule has 1 aliphatic rings. The van der Waals surface area contributed by atoms with E-state index in [1.807, 2.05) is 0 Å². The highest BCUT2D eigenvalue weighted by Crippen LogP contribution is 2.32. The maximum Gasteiger partial charge on any atom is 0.387 e. The summed E-state index contributed by atoms with van der Waals surface area (Å²) >= 11 is 0. The van der Waals surface area contributed by atoms with Crippen molar-refractivity contribution >= 4 is 0 Å². The van der Waals surface area contributed by atoms with Crippen LogP contribution < -0.4 is 9.47 Å². The minimum Gasteiger partial charge on any atom is -0.493 e. The summed E-state index contributed by atoms with van der Waals surface area (Å²) in [5.74, 6) is 0.390. The second kappa shape index (κ2) is 7.56. The van der Waals surface area contributed by atoms with E-state index in [-0.39, 0.29) is 5.75 Å². The number of nitrogens with zero attached hydrogens (tertiary/aromatic N) is 1.